The Kier molecular flexibility index (Phi) is 6.73. The van der Waals surface area contributed by atoms with Crippen molar-refractivity contribution in [3.05, 3.63) is 35.9 Å². The zero-order chi connectivity index (χ0) is 15.0. The smallest absolute Gasteiger partial charge is 0.328 e. The Morgan fingerprint density at radius 2 is 1.90 bits per heavy atom. The van der Waals surface area contributed by atoms with Crippen LogP contribution in [0.4, 0.5) is 0 Å². The van der Waals surface area contributed by atoms with Gasteiger partial charge in [0.1, 0.15) is 12.6 Å². The Bertz CT molecular complexity index is 432. The fraction of sp³-hybridized carbons (Fsp3) is 0.467. The minimum Gasteiger partial charge on any atom is -0.459 e. The van der Waals surface area contributed by atoms with Gasteiger partial charge >= 0.3 is 5.97 Å². The van der Waals surface area contributed by atoms with Crippen LogP contribution in [0.1, 0.15) is 25.8 Å². The third kappa shape index (κ3) is 5.84. The molecule has 1 rings (SSSR count). The lowest BCUT2D eigenvalue weighted by atomic mass is 10.0. The molecule has 0 bridgehead atoms. The molecule has 0 fully saturated rings. The van der Waals surface area contributed by atoms with Gasteiger partial charge < -0.3 is 15.8 Å². The molecule has 0 radical (unpaired) electrons. The van der Waals surface area contributed by atoms with E-state index in [1.54, 1.807) is 0 Å². The molecule has 1 amide bonds. The summed E-state index contributed by atoms with van der Waals surface area (Å²) in [6.07, 6.45) is 0.527. The van der Waals surface area contributed by atoms with Crippen LogP contribution >= 0.6 is 0 Å². The first-order valence-corrected chi connectivity index (χ1v) is 6.73. The number of nitrogens with one attached hydrogen (secondary N) is 1. The quantitative estimate of drug-likeness (QED) is 0.735. The van der Waals surface area contributed by atoms with Crippen molar-refractivity contribution in [2.45, 2.75) is 32.9 Å². The van der Waals surface area contributed by atoms with Crippen LogP contribution in [0.2, 0.25) is 0 Å². The lowest BCUT2D eigenvalue weighted by Crippen LogP contribution is -2.45. The fourth-order valence-corrected chi connectivity index (χ4v) is 1.77. The normalized spacial score (nSPS) is 12.0. The highest BCUT2D eigenvalue weighted by atomic mass is 16.5. The highest BCUT2D eigenvalue weighted by Gasteiger charge is 2.22. The van der Waals surface area contributed by atoms with E-state index in [-0.39, 0.29) is 25.0 Å². The van der Waals surface area contributed by atoms with E-state index in [0.717, 1.165) is 5.56 Å². The molecule has 0 aliphatic heterocycles. The first-order valence-electron chi connectivity index (χ1n) is 6.73. The van der Waals surface area contributed by atoms with Gasteiger partial charge in [0.05, 0.1) is 6.54 Å². The van der Waals surface area contributed by atoms with Crippen LogP contribution in [0.25, 0.3) is 0 Å². The second-order valence-corrected chi connectivity index (χ2v) is 5.05. The van der Waals surface area contributed by atoms with E-state index >= 15 is 0 Å². The maximum absolute atomic E-state index is 12.0. The van der Waals surface area contributed by atoms with E-state index in [4.69, 9.17) is 10.5 Å². The fourth-order valence-electron chi connectivity index (χ4n) is 1.77. The van der Waals surface area contributed by atoms with Crippen LogP contribution in [0.15, 0.2) is 30.3 Å². The third-order valence-corrected chi connectivity index (χ3v) is 2.74. The molecule has 0 spiro atoms. The number of benzene rings is 1. The molecule has 5 heteroatoms. The van der Waals surface area contributed by atoms with Crippen molar-refractivity contribution in [1.82, 2.24) is 5.32 Å². The molecular formula is C15H22N2O3. The van der Waals surface area contributed by atoms with E-state index in [2.05, 4.69) is 5.32 Å². The highest BCUT2D eigenvalue weighted by molar-refractivity contribution is 5.85. The third-order valence-electron chi connectivity index (χ3n) is 2.74. The summed E-state index contributed by atoms with van der Waals surface area (Å²) in [5.74, 6) is -0.515. The summed E-state index contributed by atoms with van der Waals surface area (Å²) >= 11 is 0. The molecule has 1 atom stereocenters. The number of esters is 1. The standard InChI is InChI=1S/C15H22N2O3/c1-11(2)8-13(17-14(18)9-16)15(19)20-10-12-6-4-3-5-7-12/h3-7,11,13H,8-10,16H2,1-2H3,(H,17,18). The molecule has 1 aromatic carbocycles. The van der Waals surface area contributed by atoms with Gasteiger partial charge in [0.15, 0.2) is 0 Å². The molecule has 0 aliphatic rings. The first kappa shape index (κ1) is 16.2. The average molecular weight is 278 g/mol. The van der Waals surface area contributed by atoms with Crippen LogP contribution < -0.4 is 11.1 Å². The molecular weight excluding hydrogens is 256 g/mol. The minimum atomic E-state index is -0.644. The lowest BCUT2D eigenvalue weighted by molar-refractivity contribution is -0.149. The Balaban J connectivity index is 2.56. The van der Waals surface area contributed by atoms with E-state index in [1.165, 1.54) is 0 Å². The van der Waals surface area contributed by atoms with Crippen LogP contribution in [0.5, 0.6) is 0 Å². The largest absolute Gasteiger partial charge is 0.459 e. The van der Waals surface area contributed by atoms with Crippen LogP contribution in [0, 0.1) is 5.92 Å². The monoisotopic (exact) mass is 278 g/mol. The summed E-state index contributed by atoms with van der Waals surface area (Å²) in [5.41, 5.74) is 6.16. The zero-order valence-electron chi connectivity index (χ0n) is 12.0. The maximum atomic E-state index is 12.0. The van der Waals surface area contributed by atoms with Crippen LogP contribution in [0.3, 0.4) is 0 Å². The Hall–Kier alpha value is -1.88. The number of hydrogen-bond acceptors (Lipinski definition) is 4. The predicted octanol–water partition coefficient (Wildman–Crippen LogP) is 1.22. The van der Waals surface area contributed by atoms with E-state index in [1.807, 2.05) is 44.2 Å². The van der Waals surface area contributed by atoms with Crippen molar-refractivity contribution >= 4 is 11.9 Å². The zero-order valence-corrected chi connectivity index (χ0v) is 12.0. The lowest BCUT2D eigenvalue weighted by Gasteiger charge is -2.19. The van der Waals surface area contributed by atoms with Gasteiger partial charge in [-0.05, 0) is 17.9 Å². The number of ether oxygens (including phenoxy) is 1. The van der Waals surface area contributed by atoms with Gasteiger partial charge in [0.25, 0.3) is 0 Å². The van der Waals surface area contributed by atoms with Crippen molar-refractivity contribution in [3.63, 3.8) is 0 Å². The van der Waals surface area contributed by atoms with E-state index in [0.29, 0.717) is 6.42 Å². The molecule has 1 unspecified atom stereocenters. The molecule has 3 N–H and O–H groups in total. The molecule has 0 aliphatic carbocycles. The number of hydrogen-bond donors (Lipinski definition) is 2. The summed E-state index contributed by atoms with van der Waals surface area (Å²) in [5, 5.41) is 2.60. The molecule has 5 nitrogen and oxygen atoms in total. The molecule has 0 heterocycles. The Morgan fingerprint density at radius 3 is 2.45 bits per heavy atom. The Labute approximate surface area is 119 Å². The summed E-state index contributed by atoms with van der Waals surface area (Å²) < 4.78 is 5.24. The maximum Gasteiger partial charge on any atom is 0.328 e. The molecule has 0 aromatic heterocycles. The number of carbonyl (C=O) groups is 2. The van der Waals surface area contributed by atoms with Gasteiger partial charge in [-0.3, -0.25) is 4.79 Å². The SMILES string of the molecule is CC(C)CC(NC(=O)CN)C(=O)OCc1ccccc1. The summed E-state index contributed by atoms with van der Waals surface area (Å²) in [6, 6.07) is 8.77. The number of carbonyl (C=O) groups excluding carboxylic acids is 2. The van der Waals surface area contributed by atoms with E-state index in [9.17, 15) is 9.59 Å². The summed E-state index contributed by atoms with van der Waals surface area (Å²) in [7, 11) is 0. The van der Waals surface area contributed by atoms with Gasteiger partial charge in [-0.2, -0.15) is 0 Å². The molecule has 1 aromatic rings. The second-order valence-electron chi connectivity index (χ2n) is 5.05. The van der Waals surface area contributed by atoms with Gasteiger partial charge in [0.2, 0.25) is 5.91 Å². The molecule has 110 valence electrons. The highest BCUT2D eigenvalue weighted by Crippen LogP contribution is 2.08. The van der Waals surface area contributed by atoms with Crippen molar-refractivity contribution in [2.24, 2.45) is 11.7 Å². The van der Waals surface area contributed by atoms with Crippen molar-refractivity contribution in [1.29, 1.82) is 0 Å². The number of nitrogens with two attached hydrogens (primary N) is 1. The average Bonchev–Trinajstić information content (AvgIpc) is 2.44. The molecule has 0 saturated heterocycles. The minimum absolute atomic E-state index is 0.138. The predicted molar refractivity (Wildman–Crippen MR) is 76.7 cm³/mol. The van der Waals surface area contributed by atoms with Crippen molar-refractivity contribution in [2.75, 3.05) is 6.54 Å². The first-order chi connectivity index (χ1) is 9.52. The second kappa shape index (κ2) is 8.32. The van der Waals surface area contributed by atoms with Gasteiger partial charge in [0, 0.05) is 0 Å². The van der Waals surface area contributed by atoms with Crippen LogP contribution in [-0.4, -0.2) is 24.5 Å². The van der Waals surface area contributed by atoms with Crippen molar-refractivity contribution in [3.8, 4) is 0 Å². The number of rotatable bonds is 7. The van der Waals surface area contributed by atoms with Gasteiger partial charge in [-0.15, -0.1) is 0 Å². The summed E-state index contributed by atoms with van der Waals surface area (Å²) in [6.45, 7) is 4.02. The summed E-state index contributed by atoms with van der Waals surface area (Å²) in [4.78, 5) is 23.4. The molecule has 20 heavy (non-hydrogen) atoms. The molecule has 0 saturated carbocycles. The Morgan fingerprint density at radius 1 is 1.25 bits per heavy atom. The van der Waals surface area contributed by atoms with Crippen molar-refractivity contribution < 1.29 is 14.3 Å². The van der Waals surface area contributed by atoms with Crippen LogP contribution in [-0.2, 0) is 20.9 Å². The van der Waals surface area contributed by atoms with E-state index < -0.39 is 12.0 Å². The van der Waals surface area contributed by atoms with Gasteiger partial charge in [-0.1, -0.05) is 44.2 Å². The van der Waals surface area contributed by atoms with Gasteiger partial charge in [-0.25, -0.2) is 4.79 Å². The number of amides is 1. The topological polar surface area (TPSA) is 81.4 Å².